The maximum atomic E-state index is 11.3. The summed E-state index contributed by atoms with van der Waals surface area (Å²) in [5.74, 6) is -1.55. The molecule has 8 unspecified atom stereocenters. The monoisotopic (exact) mass is 369 g/mol. The van der Waals surface area contributed by atoms with Crippen molar-refractivity contribution in [3.05, 3.63) is 0 Å². The number of aliphatic hydroxyl groups is 5. The van der Waals surface area contributed by atoms with Gasteiger partial charge < -0.3 is 55.3 Å². The summed E-state index contributed by atoms with van der Waals surface area (Å²) in [4.78, 5) is 11.3. The molecule has 0 radical (unpaired) electrons. The molecule has 2 aliphatic heterocycles. The number of aliphatic carboxylic acids is 1. The second kappa shape index (κ2) is 8.18. The van der Waals surface area contributed by atoms with E-state index >= 15 is 0 Å². The first-order chi connectivity index (χ1) is 11.7. The third-order valence-corrected chi connectivity index (χ3v) is 4.27. The van der Waals surface area contributed by atoms with Gasteiger partial charge in [-0.1, -0.05) is 0 Å². The summed E-state index contributed by atoms with van der Waals surface area (Å²) in [6.07, 6.45) is -13.8. The van der Waals surface area contributed by atoms with Crippen molar-refractivity contribution in [2.75, 3.05) is 13.7 Å². The minimum absolute atomic E-state index is 0.596. The molecule has 0 aromatic heterocycles. The molecule has 0 aromatic rings. The van der Waals surface area contributed by atoms with Crippen LogP contribution < -0.4 is 5.73 Å². The largest absolute Gasteiger partial charge is 0.479 e. The van der Waals surface area contributed by atoms with Gasteiger partial charge in [0.2, 0.25) is 0 Å². The second-order valence-corrected chi connectivity index (χ2v) is 5.86. The van der Waals surface area contributed by atoms with Crippen molar-refractivity contribution in [1.82, 2.24) is 0 Å². The van der Waals surface area contributed by atoms with Crippen LogP contribution in [0, 0.1) is 0 Å². The summed E-state index contributed by atoms with van der Waals surface area (Å²) in [5, 5.41) is 57.6. The summed E-state index contributed by atoms with van der Waals surface area (Å²) in [6, 6.07) is -1.10. The molecule has 0 saturated carbocycles. The minimum atomic E-state index is -1.92. The van der Waals surface area contributed by atoms with Crippen molar-refractivity contribution >= 4 is 5.97 Å². The number of nitrogens with two attached hydrogens (primary N) is 1. The highest BCUT2D eigenvalue weighted by Gasteiger charge is 2.52. The molecular weight excluding hydrogens is 346 g/mol. The van der Waals surface area contributed by atoms with Crippen LogP contribution in [0.4, 0.5) is 0 Å². The molecule has 2 heterocycles. The number of carboxylic acid groups (broad SMARTS) is 1. The van der Waals surface area contributed by atoms with Crippen LogP contribution in [-0.4, -0.2) is 112 Å². The van der Waals surface area contributed by atoms with Crippen LogP contribution in [0.15, 0.2) is 0 Å². The standard InChI is InChI=1S/C13H23NO11/c1-22-8-4(14)13(23-3(2-15)5(8)16)25-9-6(17)7(18)12(21)24-10(9)11(19)20/h3-10,12-13,15-18,21H,2,14H2,1H3,(H,19,20)/t3?,4?,5?,6?,7?,8?,9-,10?,12?,13-/m0/s1. The van der Waals surface area contributed by atoms with E-state index in [1.807, 2.05) is 0 Å². The summed E-state index contributed by atoms with van der Waals surface area (Å²) in [6.45, 7) is -0.596. The van der Waals surface area contributed by atoms with Gasteiger partial charge in [0.25, 0.3) is 0 Å². The topological polar surface area (TPSA) is 201 Å². The van der Waals surface area contributed by atoms with E-state index in [1.54, 1.807) is 0 Å². The van der Waals surface area contributed by atoms with Gasteiger partial charge in [-0.05, 0) is 0 Å². The minimum Gasteiger partial charge on any atom is -0.479 e. The van der Waals surface area contributed by atoms with Crippen LogP contribution in [0.2, 0.25) is 0 Å². The number of carbonyl (C=O) groups is 1. The summed E-state index contributed by atoms with van der Waals surface area (Å²) in [7, 11) is 1.27. The van der Waals surface area contributed by atoms with Gasteiger partial charge in [-0.15, -0.1) is 0 Å². The molecule has 0 aromatic carbocycles. The lowest BCUT2D eigenvalue weighted by atomic mass is 9.96. The molecule has 2 rings (SSSR count). The lowest BCUT2D eigenvalue weighted by molar-refractivity contribution is -0.334. The average Bonchev–Trinajstić information content (AvgIpc) is 2.57. The average molecular weight is 369 g/mol. The lowest BCUT2D eigenvalue weighted by Crippen LogP contribution is -2.67. The molecule has 2 saturated heterocycles. The van der Waals surface area contributed by atoms with Crippen molar-refractivity contribution in [2.45, 2.75) is 61.3 Å². The Morgan fingerprint density at radius 2 is 1.72 bits per heavy atom. The Hall–Kier alpha value is -0.930. The lowest BCUT2D eigenvalue weighted by Gasteiger charge is -2.45. The Morgan fingerprint density at radius 1 is 1.08 bits per heavy atom. The SMILES string of the molecule is COC1C(O)C(CO)O[C@@H](O[C@@H]2C(C(=O)O)OC(O)C(O)C2O)C1N. The molecule has 0 bridgehead atoms. The zero-order valence-electron chi connectivity index (χ0n) is 13.3. The van der Waals surface area contributed by atoms with Gasteiger partial charge in [0.1, 0.15) is 36.6 Å². The van der Waals surface area contributed by atoms with E-state index in [4.69, 9.17) is 24.7 Å². The van der Waals surface area contributed by atoms with Gasteiger partial charge in [0.05, 0.1) is 12.6 Å². The molecule has 8 N–H and O–H groups in total. The number of hydrogen-bond donors (Lipinski definition) is 7. The van der Waals surface area contributed by atoms with E-state index in [0.29, 0.717) is 0 Å². The maximum Gasteiger partial charge on any atom is 0.335 e. The first-order valence-electron chi connectivity index (χ1n) is 7.53. The normalized spacial score (nSPS) is 48.3. The smallest absolute Gasteiger partial charge is 0.335 e. The Kier molecular flexibility index (Phi) is 6.67. The van der Waals surface area contributed by atoms with Crippen LogP contribution in [0.25, 0.3) is 0 Å². The van der Waals surface area contributed by atoms with E-state index in [1.165, 1.54) is 7.11 Å². The zero-order valence-corrected chi connectivity index (χ0v) is 13.3. The first-order valence-corrected chi connectivity index (χ1v) is 7.53. The van der Waals surface area contributed by atoms with Crippen molar-refractivity contribution in [2.24, 2.45) is 5.73 Å². The molecule has 2 fully saturated rings. The number of aliphatic hydroxyl groups excluding tert-OH is 5. The molecule has 12 nitrogen and oxygen atoms in total. The molecule has 10 atom stereocenters. The van der Waals surface area contributed by atoms with Gasteiger partial charge in [0, 0.05) is 7.11 Å². The Labute approximate surface area is 142 Å². The zero-order chi connectivity index (χ0) is 18.9. The predicted octanol–water partition coefficient (Wildman–Crippen LogP) is -4.68. The van der Waals surface area contributed by atoms with E-state index in [2.05, 4.69) is 0 Å². The van der Waals surface area contributed by atoms with Crippen LogP contribution >= 0.6 is 0 Å². The summed E-state index contributed by atoms with van der Waals surface area (Å²) in [5.41, 5.74) is 5.89. The fraction of sp³-hybridized carbons (Fsp3) is 0.923. The number of hydrogen-bond acceptors (Lipinski definition) is 11. The molecule has 25 heavy (non-hydrogen) atoms. The van der Waals surface area contributed by atoms with E-state index in [9.17, 15) is 35.4 Å². The third kappa shape index (κ3) is 3.93. The molecule has 12 heteroatoms. The quantitative estimate of drug-likeness (QED) is 0.244. The van der Waals surface area contributed by atoms with Gasteiger partial charge in [0.15, 0.2) is 18.7 Å². The highest BCUT2D eigenvalue weighted by Crippen LogP contribution is 2.28. The van der Waals surface area contributed by atoms with Crippen LogP contribution in [0.1, 0.15) is 0 Å². The fourth-order valence-corrected chi connectivity index (χ4v) is 2.86. The van der Waals surface area contributed by atoms with Gasteiger partial charge in [-0.25, -0.2) is 4.79 Å². The van der Waals surface area contributed by atoms with Crippen molar-refractivity contribution in [3.63, 3.8) is 0 Å². The second-order valence-electron chi connectivity index (χ2n) is 5.86. The van der Waals surface area contributed by atoms with Gasteiger partial charge >= 0.3 is 5.97 Å². The number of ether oxygens (including phenoxy) is 4. The van der Waals surface area contributed by atoms with Crippen molar-refractivity contribution in [3.8, 4) is 0 Å². The van der Waals surface area contributed by atoms with E-state index in [-0.39, 0.29) is 0 Å². The number of rotatable bonds is 5. The third-order valence-electron chi connectivity index (χ3n) is 4.27. The fourth-order valence-electron chi connectivity index (χ4n) is 2.86. The van der Waals surface area contributed by atoms with Crippen LogP contribution in [0.3, 0.4) is 0 Å². The predicted molar refractivity (Wildman–Crippen MR) is 75.9 cm³/mol. The molecule has 0 amide bonds. The molecule has 0 spiro atoms. The summed E-state index contributed by atoms with van der Waals surface area (Å²) < 4.78 is 20.5. The van der Waals surface area contributed by atoms with Gasteiger partial charge in [-0.2, -0.15) is 0 Å². The Morgan fingerprint density at radius 3 is 2.24 bits per heavy atom. The molecule has 146 valence electrons. The molecule has 0 aliphatic carbocycles. The Bertz CT molecular complexity index is 465. The highest BCUT2D eigenvalue weighted by atomic mass is 16.7. The van der Waals surface area contributed by atoms with Crippen molar-refractivity contribution in [1.29, 1.82) is 0 Å². The first kappa shape index (κ1) is 20.4. The van der Waals surface area contributed by atoms with E-state index in [0.717, 1.165) is 0 Å². The summed E-state index contributed by atoms with van der Waals surface area (Å²) >= 11 is 0. The van der Waals surface area contributed by atoms with Crippen LogP contribution in [-0.2, 0) is 23.7 Å². The Balaban J connectivity index is 2.20. The molecule has 2 aliphatic rings. The van der Waals surface area contributed by atoms with E-state index < -0.39 is 73.9 Å². The molecular formula is C13H23NO11. The van der Waals surface area contributed by atoms with Crippen molar-refractivity contribution < 1.29 is 54.4 Å². The van der Waals surface area contributed by atoms with Gasteiger partial charge in [-0.3, -0.25) is 0 Å². The maximum absolute atomic E-state index is 11.3. The number of methoxy groups -OCH3 is 1. The number of carboxylic acids is 1. The highest BCUT2D eigenvalue weighted by molar-refractivity contribution is 5.73. The van der Waals surface area contributed by atoms with Crippen LogP contribution in [0.5, 0.6) is 0 Å².